The molecule has 2 N–H and O–H groups in total. The first-order valence-electron chi connectivity index (χ1n) is 6.98. The van der Waals surface area contributed by atoms with Gasteiger partial charge in [0.1, 0.15) is 6.04 Å². The summed E-state index contributed by atoms with van der Waals surface area (Å²) in [5.41, 5.74) is 2.36. The summed E-state index contributed by atoms with van der Waals surface area (Å²) in [6, 6.07) is 8.50. The van der Waals surface area contributed by atoms with Crippen LogP contribution in [0.1, 0.15) is 37.7 Å². The first kappa shape index (κ1) is 11.6. The fourth-order valence-electron chi connectivity index (χ4n) is 3.00. The summed E-state index contributed by atoms with van der Waals surface area (Å²) in [6.07, 6.45) is 6.93. The van der Waals surface area contributed by atoms with Crippen LogP contribution in [0, 0.1) is 0 Å². The lowest BCUT2D eigenvalue weighted by Crippen LogP contribution is -2.44. The lowest BCUT2D eigenvalue weighted by molar-refractivity contribution is -0.122. The average Bonchev–Trinajstić information content (AvgIpc) is 2.84. The third kappa shape index (κ3) is 2.35. The van der Waals surface area contributed by atoms with Crippen LogP contribution in [-0.2, 0) is 11.2 Å². The zero-order valence-corrected chi connectivity index (χ0v) is 10.6. The highest BCUT2D eigenvalue weighted by atomic mass is 16.2. The zero-order chi connectivity index (χ0) is 12.4. The van der Waals surface area contributed by atoms with Crippen molar-refractivity contribution in [2.75, 3.05) is 5.32 Å². The van der Waals surface area contributed by atoms with Gasteiger partial charge in [0.25, 0.3) is 0 Å². The Labute approximate surface area is 108 Å². The molecule has 0 spiro atoms. The van der Waals surface area contributed by atoms with E-state index in [2.05, 4.69) is 16.7 Å². The topological polar surface area (TPSA) is 41.1 Å². The molecule has 3 nitrogen and oxygen atoms in total. The Kier molecular flexibility index (Phi) is 3.22. The zero-order valence-electron chi connectivity index (χ0n) is 10.6. The van der Waals surface area contributed by atoms with Gasteiger partial charge in [-0.25, -0.2) is 0 Å². The van der Waals surface area contributed by atoms with Gasteiger partial charge in [0.05, 0.1) is 0 Å². The number of hydrogen-bond donors (Lipinski definition) is 2. The Morgan fingerprint density at radius 3 is 2.72 bits per heavy atom. The smallest absolute Gasteiger partial charge is 0.243 e. The highest BCUT2D eigenvalue weighted by Gasteiger charge is 2.27. The van der Waals surface area contributed by atoms with Gasteiger partial charge in [-0.1, -0.05) is 37.5 Å². The number of rotatable bonds is 2. The molecule has 3 heteroatoms. The summed E-state index contributed by atoms with van der Waals surface area (Å²) in [4.78, 5) is 12.2. The molecule has 3 rings (SSSR count). The van der Waals surface area contributed by atoms with Crippen LogP contribution < -0.4 is 10.6 Å². The molecule has 1 unspecified atom stereocenters. The van der Waals surface area contributed by atoms with Crippen molar-refractivity contribution in [1.82, 2.24) is 5.32 Å². The highest BCUT2D eigenvalue weighted by molar-refractivity contribution is 5.87. The number of fused-ring (bicyclic) bond motifs is 1. The Morgan fingerprint density at radius 1 is 1.17 bits per heavy atom. The molecule has 1 aromatic carbocycles. The number of amides is 1. The van der Waals surface area contributed by atoms with Gasteiger partial charge >= 0.3 is 0 Å². The number of benzene rings is 1. The number of hydrogen-bond acceptors (Lipinski definition) is 2. The minimum Gasteiger partial charge on any atom is -0.373 e. The van der Waals surface area contributed by atoms with Crippen molar-refractivity contribution in [3.05, 3.63) is 29.8 Å². The van der Waals surface area contributed by atoms with Gasteiger partial charge in [-0.05, 0) is 24.5 Å². The van der Waals surface area contributed by atoms with Gasteiger partial charge in [-0.15, -0.1) is 0 Å². The van der Waals surface area contributed by atoms with E-state index in [0.29, 0.717) is 6.04 Å². The predicted octanol–water partition coefficient (Wildman–Crippen LogP) is 2.47. The molecule has 1 fully saturated rings. The van der Waals surface area contributed by atoms with Crippen molar-refractivity contribution in [1.29, 1.82) is 0 Å². The summed E-state index contributed by atoms with van der Waals surface area (Å²) < 4.78 is 0. The highest BCUT2D eigenvalue weighted by Crippen LogP contribution is 2.25. The van der Waals surface area contributed by atoms with E-state index in [1.165, 1.54) is 24.8 Å². The van der Waals surface area contributed by atoms with E-state index in [9.17, 15) is 4.79 Å². The molecule has 1 aliphatic heterocycles. The fraction of sp³-hybridized carbons (Fsp3) is 0.533. The van der Waals surface area contributed by atoms with Crippen LogP contribution in [0.2, 0.25) is 0 Å². The molecule has 96 valence electrons. The molecular formula is C15H20N2O. The Balaban J connectivity index is 1.58. The van der Waals surface area contributed by atoms with E-state index in [-0.39, 0.29) is 11.9 Å². The molecule has 2 aliphatic rings. The minimum atomic E-state index is -0.0793. The maximum atomic E-state index is 12.2. The first-order chi connectivity index (χ1) is 8.83. The second-order valence-corrected chi connectivity index (χ2v) is 5.40. The van der Waals surface area contributed by atoms with Gasteiger partial charge in [0.2, 0.25) is 5.91 Å². The Hall–Kier alpha value is -1.51. The SMILES string of the molecule is O=C(NC1CCCCC1)C1Cc2ccccc2N1. The van der Waals surface area contributed by atoms with E-state index in [1.807, 2.05) is 18.2 Å². The average molecular weight is 244 g/mol. The quantitative estimate of drug-likeness (QED) is 0.839. The molecule has 18 heavy (non-hydrogen) atoms. The predicted molar refractivity (Wildman–Crippen MR) is 72.6 cm³/mol. The Morgan fingerprint density at radius 2 is 1.94 bits per heavy atom. The maximum Gasteiger partial charge on any atom is 0.243 e. The van der Waals surface area contributed by atoms with Gasteiger partial charge in [-0.3, -0.25) is 4.79 Å². The standard InChI is InChI=1S/C15H20N2O/c18-15(16-12-7-2-1-3-8-12)14-10-11-6-4-5-9-13(11)17-14/h4-6,9,12,14,17H,1-3,7-8,10H2,(H,16,18). The van der Waals surface area contributed by atoms with Gasteiger partial charge < -0.3 is 10.6 Å². The molecule has 1 amide bonds. The molecule has 0 radical (unpaired) electrons. The maximum absolute atomic E-state index is 12.2. The summed E-state index contributed by atoms with van der Waals surface area (Å²) in [7, 11) is 0. The van der Waals surface area contributed by atoms with Crippen molar-refractivity contribution in [3.8, 4) is 0 Å². The molecule has 1 atom stereocenters. The van der Waals surface area contributed by atoms with Crippen molar-refractivity contribution in [2.24, 2.45) is 0 Å². The third-order valence-electron chi connectivity index (χ3n) is 4.04. The van der Waals surface area contributed by atoms with E-state index in [4.69, 9.17) is 0 Å². The third-order valence-corrected chi connectivity index (χ3v) is 4.04. The number of nitrogens with one attached hydrogen (secondary N) is 2. The molecule has 0 saturated heterocycles. The molecule has 1 saturated carbocycles. The van der Waals surface area contributed by atoms with E-state index in [1.54, 1.807) is 0 Å². The van der Waals surface area contributed by atoms with E-state index < -0.39 is 0 Å². The number of carbonyl (C=O) groups is 1. The molecule has 1 heterocycles. The number of anilines is 1. The van der Waals surface area contributed by atoms with Crippen molar-refractivity contribution in [3.63, 3.8) is 0 Å². The summed E-state index contributed by atoms with van der Waals surface area (Å²) >= 11 is 0. The Bertz CT molecular complexity index is 413. The fourth-order valence-corrected chi connectivity index (χ4v) is 3.00. The molecule has 1 aliphatic carbocycles. The monoisotopic (exact) mass is 244 g/mol. The van der Waals surface area contributed by atoms with Crippen molar-refractivity contribution in [2.45, 2.75) is 50.6 Å². The number of carbonyl (C=O) groups excluding carboxylic acids is 1. The van der Waals surface area contributed by atoms with E-state index >= 15 is 0 Å². The van der Waals surface area contributed by atoms with Gasteiger partial charge in [0.15, 0.2) is 0 Å². The lowest BCUT2D eigenvalue weighted by atomic mass is 9.95. The molecule has 0 bridgehead atoms. The van der Waals surface area contributed by atoms with Crippen molar-refractivity contribution >= 4 is 11.6 Å². The normalized spacial score (nSPS) is 23.2. The summed E-state index contributed by atoms with van der Waals surface area (Å²) in [5.74, 6) is 0.165. The van der Waals surface area contributed by atoms with Crippen LogP contribution in [0.15, 0.2) is 24.3 Å². The van der Waals surface area contributed by atoms with Crippen molar-refractivity contribution < 1.29 is 4.79 Å². The van der Waals surface area contributed by atoms with Crippen LogP contribution in [0.3, 0.4) is 0 Å². The lowest BCUT2D eigenvalue weighted by Gasteiger charge is -2.24. The van der Waals surface area contributed by atoms with Crippen LogP contribution in [0.5, 0.6) is 0 Å². The summed E-state index contributed by atoms with van der Waals surface area (Å²) in [5, 5.41) is 6.51. The van der Waals surface area contributed by atoms with Crippen LogP contribution in [0.4, 0.5) is 5.69 Å². The number of para-hydroxylation sites is 1. The molecule has 1 aromatic rings. The van der Waals surface area contributed by atoms with Gasteiger partial charge in [-0.2, -0.15) is 0 Å². The minimum absolute atomic E-state index is 0.0793. The second kappa shape index (κ2) is 5.01. The largest absolute Gasteiger partial charge is 0.373 e. The van der Waals surface area contributed by atoms with E-state index in [0.717, 1.165) is 24.9 Å². The van der Waals surface area contributed by atoms with Crippen LogP contribution in [0.25, 0.3) is 0 Å². The van der Waals surface area contributed by atoms with Crippen LogP contribution >= 0.6 is 0 Å². The van der Waals surface area contributed by atoms with Crippen LogP contribution in [-0.4, -0.2) is 18.0 Å². The molecular weight excluding hydrogens is 224 g/mol. The first-order valence-corrected chi connectivity index (χ1v) is 6.98. The van der Waals surface area contributed by atoms with Gasteiger partial charge in [0, 0.05) is 18.2 Å². The second-order valence-electron chi connectivity index (χ2n) is 5.40. The summed E-state index contributed by atoms with van der Waals surface area (Å²) in [6.45, 7) is 0. The molecule has 0 aromatic heterocycles.